The monoisotopic (exact) mass is 359 g/mol. The fraction of sp³-hybridized carbons (Fsp3) is 0. The summed E-state index contributed by atoms with van der Waals surface area (Å²) in [5, 5.41) is 14.6. The maximum absolute atomic E-state index is 12.9. The molecule has 0 radical (unpaired) electrons. The number of nitrogens with zero attached hydrogens (tertiary/aromatic N) is 3. The van der Waals surface area contributed by atoms with Gasteiger partial charge >= 0.3 is 0 Å². The number of halogens is 2. The standard InChI is InChI=1S/C17H11Cl2N3O2/c18-12-5-6-13(14(19)8-12)17(24)15(22-10-20-9-21-22)7-11-3-1-2-4-16(11)23/h1-10,23H. The van der Waals surface area contributed by atoms with Gasteiger partial charge in [0.2, 0.25) is 5.78 Å². The van der Waals surface area contributed by atoms with Crippen molar-refractivity contribution < 1.29 is 9.90 Å². The summed E-state index contributed by atoms with van der Waals surface area (Å²) in [5.41, 5.74) is 0.942. The third kappa shape index (κ3) is 3.32. The van der Waals surface area contributed by atoms with Crippen molar-refractivity contribution in [3.63, 3.8) is 0 Å². The lowest BCUT2D eigenvalue weighted by Gasteiger charge is -2.09. The summed E-state index contributed by atoms with van der Waals surface area (Å²) in [6, 6.07) is 11.3. The SMILES string of the molecule is O=C(C(=Cc1ccccc1O)n1cncn1)c1ccc(Cl)cc1Cl. The quantitative estimate of drug-likeness (QED) is 0.560. The predicted octanol–water partition coefficient (Wildman–Crippen LogP) is 4.17. The number of aromatic nitrogens is 3. The Hall–Kier alpha value is -2.63. The molecule has 7 heteroatoms. The first kappa shape index (κ1) is 16.2. The molecule has 0 saturated carbocycles. The molecule has 0 aliphatic rings. The van der Waals surface area contributed by atoms with Gasteiger partial charge in [-0.05, 0) is 30.3 Å². The van der Waals surface area contributed by atoms with E-state index in [9.17, 15) is 9.90 Å². The average molecular weight is 360 g/mol. The first-order valence-corrected chi connectivity index (χ1v) is 7.66. The lowest BCUT2D eigenvalue weighted by atomic mass is 10.1. The zero-order valence-electron chi connectivity index (χ0n) is 12.2. The molecule has 0 unspecified atom stereocenters. The molecule has 0 amide bonds. The van der Waals surface area contributed by atoms with E-state index in [2.05, 4.69) is 10.1 Å². The number of para-hydroxylation sites is 1. The summed E-state index contributed by atoms with van der Waals surface area (Å²) < 4.78 is 1.32. The lowest BCUT2D eigenvalue weighted by Crippen LogP contribution is -2.10. The topological polar surface area (TPSA) is 68.0 Å². The van der Waals surface area contributed by atoms with Crippen LogP contribution in [0.5, 0.6) is 5.75 Å². The minimum Gasteiger partial charge on any atom is -0.507 e. The van der Waals surface area contributed by atoms with E-state index in [4.69, 9.17) is 23.2 Å². The van der Waals surface area contributed by atoms with E-state index in [-0.39, 0.29) is 27.8 Å². The summed E-state index contributed by atoms with van der Waals surface area (Å²) in [4.78, 5) is 16.8. The number of allylic oxidation sites excluding steroid dienone is 1. The smallest absolute Gasteiger partial charge is 0.212 e. The van der Waals surface area contributed by atoms with E-state index in [0.29, 0.717) is 10.6 Å². The van der Waals surface area contributed by atoms with Gasteiger partial charge in [0, 0.05) is 16.1 Å². The first-order chi connectivity index (χ1) is 11.6. The Morgan fingerprint density at radius 3 is 2.62 bits per heavy atom. The van der Waals surface area contributed by atoms with Gasteiger partial charge in [-0.1, -0.05) is 41.4 Å². The molecule has 0 spiro atoms. The molecule has 0 bridgehead atoms. The lowest BCUT2D eigenvalue weighted by molar-refractivity contribution is 0.105. The van der Waals surface area contributed by atoms with E-state index in [1.165, 1.54) is 35.5 Å². The van der Waals surface area contributed by atoms with Crippen molar-refractivity contribution in [1.82, 2.24) is 14.8 Å². The highest BCUT2D eigenvalue weighted by atomic mass is 35.5. The second-order valence-electron chi connectivity index (χ2n) is 4.88. The van der Waals surface area contributed by atoms with Crippen LogP contribution in [0.15, 0.2) is 55.1 Å². The Labute approximate surface area is 147 Å². The molecule has 0 saturated heterocycles. The van der Waals surface area contributed by atoms with Crippen LogP contribution in [0.4, 0.5) is 0 Å². The highest BCUT2D eigenvalue weighted by Crippen LogP contribution is 2.27. The second kappa shape index (κ2) is 6.86. The Balaban J connectivity index is 2.12. The fourth-order valence-corrected chi connectivity index (χ4v) is 2.63. The van der Waals surface area contributed by atoms with Crippen molar-refractivity contribution >= 4 is 40.8 Å². The van der Waals surface area contributed by atoms with Gasteiger partial charge in [-0.15, -0.1) is 0 Å². The summed E-state index contributed by atoms with van der Waals surface area (Å²) in [5.74, 6) is -0.324. The minimum absolute atomic E-state index is 0.0464. The molecule has 1 heterocycles. The summed E-state index contributed by atoms with van der Waals surface area (Å²) in [6.45, 7) is 0. The maximum atomic E-state index is 12.9. The van der Waals surface area contributed by atoms with Crippen LogP contribution in [0.3, 0.4) is 0 Å². The number of phenolic OH excluding ortho intramolecular Hbond substituents is 1. The number of carbonyl (C=O) groups excluding carboxylic acids is 1. The van der Waals surface area contributed by atoms with Gasteiger partial charge in [-0.3, -0.25) is 4.79 Å². The van der Waals surface area contributed by atoms with Gasteiger partial charge in [-0.2, -0.15) is 5.10 Å². The minimum atomic E-state index is -0.370. The van der Waals surface area contributed by atoms with Gasteiger partial charge in [0.1, 0.15) is 24.1 Å². The number of aromatic hydroxyl groups is 1. The maximum Gasteiger partial charge on any atom is 0.212 e. The first-order valence-electron chi connectivity index (χ1n) is 6.90. The fourth-order valence-electron chi connectivity index (χ4n) is 2.14. The normalized spacial score (nSPS) is 11.5. The molecule has 120 valence electrons. The molecule has 1 aromatic heterocycles. The van der Waals surface area contributed by atoms with Crippen LogP contribution in [0.25, 0.3) is 11.8 Å². The summed E-state index contributed by atoms with van der Waals surface area (Å²) in [6.07, 6.45) is 4.24. The van der Waals surface area contributed by atoms with Crippen molar-refractivity contribution in [3.05, 3.63) is 76.3 Å². The molecule has 1 N–H and O–H groups in total. The number of carbonyl (C=O) groups is 1. The Morgan fingerprint density at radius 1 is 1.17 bits per heavy atom. The van der Waals surface area contributed by atoms with E-state index < -0.39 is 0 Å². The molecule has 0 atom stereocenters. The molecule has 0 aliphatic carbocycles. The Kier molecular flexibility index (Phi) is 4.64. The summed E-state index contributed by atoms with van der Waals surface area (Å²) >= 11 is 12.0. The van der Waals surface area contributed by atoms with Crippen molar-refractivity contribution in [2.45, 2.75) is 0 Å². The van der Waals surface area contributed by atoms with Gasteiger partial charge in [0.25, 0.3) is 0 Å². The Morgan fingerprint density at radius 2 is 1.96 bits per heavy atom. The number of rotatable bonds is 4. The van der Waals surface area contributed by atoms with Gasteiger partial charge in [0.15, 0.2) is 0 Å². The number of hydrogen-bond acceptors (Lipinski definition) is 4. The van der Waals surface area contributed by atoms with Crippen LogP contribution in [0, 0.1) is 0 Å². The number of hydrogen-bond donors (Lipinski definition) is 1. The molecular formula is C17H11Cl2N3O2. The van der Waals surface area contributed by atoms with Crippen molar-refractivity contribution in [2.75, 3.05) is 0 Å². The van der Waals surface area contributed by atoms with E-state index in [0.717, 1.165) is 0 Å². The molecule has 3 aromatic rings. The molecular weight excluding hydrogens is 349 g/mol. The number of benzene rings is 2. The summed E-state index contributed by atoms with van der Waals surface area (Å²) in [7, 11) is 0. The number of Topliss-reactive ketones (excluding diaryl/α,β-unsaturated/α-hetero) is 1. The Bertz CT molecular complexity index is 921. The van der Waals surface area contributed by atoms with E-state index in [1.54, 1.807) is 30.3 Å². The van der Waals surface area contributed by atoms with Gasteiger partial charge in [-0.25, -0.2) is 9.67 Å². The molecule has 24 heavy (non-hydrogen) atoms. The average Bonchev–Trinajstić information content (AvgIpc) is 3.08. The zero-order valence-corrected chi connectivity index (χ0v) is 13.7. The number of ketones is 1. The number of phenols is 1. The van der Waals surface area contributed by atoms with E-state index >= 15 is 0 Å². The van der Waals surface area contributed by atoms with Crippen LogP contribution < -0.4 is 0 Å². The van der Waals surface area contributed by atoms with Crippen LogP contribution in [-0.4, -0.2) is 25.7 Å². The van der Waals surface area contributed by atoms with Gasteiger partial charge in [0.05, 0.1) is 5.02 Å². The van der Waals surface area contributed by atoms with Crippen molar-refractivity contribution in [2.24, 2.45) is 0 Å². The molecule has 2 aromatic carbocycles. The molecule has 0 aliphatic heterocycles. The molecule has 0 fully saturated rings. The molecule has 5 nitrogen and oxygen atoms in total. The highest BCUT2D eigenvalue weighted by molar-refractivity contribution is 6.40. The van der Waals surface area contributed by atoms with Crippen molar-refractivity contribution in [1.29, 1.82) is 0 Å². The second-order valence-corrected chi connectivity index (χ2v) is 5.73. The van der Waals surface area contributed by atoms with E-state index in [1.807, 2.05) is 0 Å². The van der Waals surface area contributed by atoms with Crippen LogP contribution >= 0.6 is 23.2 Å². The predicted molar refractivity (Wildman–Crippen MR) is 93.1 cm³/mol. The largest absolute Gasteiger partial charge is 0.507 e. The van der Waals surface area contributed by atoms with Crippen LogP contribution in [-0.2, 0) is 0 Å². The van der Waals surface area contributed by atoms with Crippen LogP contribution in [0.1, 0.15) is 15.9 Å². The zero-order chi connectivity index (χ0) is 17.1. The molecule has 3 rings (SSSR count). The van der Waals surface area contributed by atoms with Crippen molar-refractivity contribution in [3.8, 4) is 5.75 Å². The highest BCUT2D eigenvalue weighted by Gasteiger charge is 2.19. The third-order valence-electron chi connectivity index (χ3n) is 3.30. The van der Waals surface area contributed by atoms with Crippen LogP contribution in [0.2, 0.25) is 10.0 Å². The van der Waals surface area contributed by atoms with Gasteiger partial charge < -0.3 is 5.11 Å². The third-order valence-corrected chi connectivity index (χ3v) is 3.85.